The van der Waals surface area contributed by atoms with Gasteiger partial charge in [-0.2, -0.15) is 5.10 Å². The number of ether oxygens (including phenoxy) is 3. The number of anilines is 1. The van der Waals surface area contributed by atoms with Gasteiger partial charge in [0, 0.05) is 17.7 Å². The molecule has 0 aliphatic carbocycles. The average Bonchev–Trinajstić information content (AvgIpc) is 3.48. The second-order valence-electron chi connectivity index (χ2n) is 7.58. The Morgan fingerprint density at radius 3 is 2.74 bits per heavy atom. The number of aryl methyl sites for hydroxylation is 1. The van der Waals surface area contributed by atoms with E-state index in [2.05, 4.69) is 15.5 Å². The van der Waals surface area contributed by atoms with Gasteiger partial charge in [-0.15, -0.1) is 0 Å². The molecule has 0 bridgehead atoms. The number of nitrogens with one attached hydrogen (secondary N) is 2. The summed E-state index contributed by atoms with van der Waals surface area (Å²) in [5.74, 6) is 1.48. The van der Waals surface area contributed by atoms with E-state index < -0.39 is 10.8 Å². The van der Waals surface area contributed by atoms with Crippen LogP contribution in [0.5, 0.6) is 23.0 Å². The van der Waals surface area contributed by atoms with Crippen LogP contribution in [-0.2, 0) is 0 Å². The number of H-pyrrole nitrogens is 1. The molecule has 170 valence electrons. The number of carbonyl (C=O) groups is 1. The van der Waals surface area contributed by atoms with Crippen molar-refractivity contribution in [3.63, 3.8) is 0 Å². The van der Waals surface area contributed by atoms with Crippen LogP contribution in [0.3, 0.4) is 0 Å². The molecule has 5 rings (SSSR count). The van der Waals surface area contributed by atoms with Gasteiger partial charge in [0.1, 0.15) is 17.2 Å². The van der Waals surface area contributed by atoms with Crippen LogP contribution in [0.2, 0.25) is 0 Å². The van der Waals surface area contributed by atoms with Gasteiger partial charge in [-0.25, -0.2) is 0 Å². The zero-order chi connectivity index (χ0) is 23.7. The molecule has 2 heterocycles. The Hall–Kier alpha value is -4.86. The molecule has 4 aromatic rings. The average molecular weight is 458 g/mol. The minimum Gasteiger partial charge on any atom is -0.457 e. The van der Waals surface area contributed by atoms with Gasteiger partial charge in [0.05, 0.1) is 22.4 Å². The maximum Gasteiger partial charge on any atom is 0.275 e. The number of hydrogen-bond acceptors (Lipinski definition) is 7. The van der Waals surface area contributed by atoms with Crippen molar-refractivity contribution in [1.29, 1.82) is 0 Å². The van der Waals surface area contributed by atoms with Crippen LogP contribution in [-0.4, -0.2) is 27.8 Å². The first-order valence-electron chi connectivity index (χ1n) is 10.3. The maximum atomic E-state index is 12.8. The smallest absolute Gasteiger partial charge is 0.275 e. The number of hydrogen-bond donors (Lipinski definition) is 2. The quantitative estimate of drug-likeness (QED) is 0.305. The standard InChI is InChI=1S/C24H18N4O6/c1-14-3-2-4-18(7-14)34-19-10-16(9-17(11-19)28(30)31)25-24(29)21-12-20(26-27-21)15-5-6-22-23(8-15)33-13-32-22/h2-12H,13H2,1H3,(H,25,29)(H,26,27). The van der Waals surface area contributed by atoms with Gasteiger partial charge in [0.25, 0.3) is 11.6 Å². The molecule has 34 heavy (non-hydrogen) atoms. The third-order valence-electron chi connectivity index (χ3n) is 5.08. The SMILES string of the molecule is Cc1cccc(Oc2cc(NC(=O)c3cc(-c4ccc5c(c4)OCO5)n[nH]3)cc([N+](=O)[O-])c2)c1. The van der Waals surface area contributed by atoms with Gasteiger partial charge in [-0.1, -0.05) is 12.1 Å². The Labute approximate surface area is 193 Å². The lowest BCUT2D eigenvalue weighted by atomic mass is 10.1. The zero-order valence-corrected chi connectivity index (χ0v) is 17.9. The van der Waals surface area contributed by atoms with Gasteiger partial charge in [0.15, 0.2) is 11.5 Å². The van der Waals surface area contributed by atoms with Gasteiger partial charge in [-0.3, -0.25) is 20.0 Å². The molecule has 0 fully saturated rings. The van der Waals surface area contributed by atoms with Crippen molar-refractivity contribution in [3.8, 4) is 34.3 Å². The highest BCUT2D eigenvalue weighted by Gasteiger charge is 2.18. The predicted octanol–water partition coefficient (Wildman–Crippen LogP) is 5.07. The van der Waals surface area contributed by atoms with E-state index in [0.717, 1.165) is 11.1 Å². The number of nitro groups is 1. The molecule has 2 N–H and O–H groups in total. The first-order chi connectivity index (χ1) is 16.4. The monoisotopic (exact) mass is 458 g/mol. The van der Waals surface area contributed by atoms with E-state index in [1.165, 1.54) is 18.2 Å². The first-order valence-corrected chi connectivity index (χ1v) is 10.3. The summed E-state index contributed by atoms with van der Waals surface area (Å²) in [7, 11) is 0. The summed E-state index contributed by atoms with van der Waals surface area (Å²) in [6.07, 6.45) is 0. The molecule has 1 aliphatic heterocycles. The Bertz CT molecular complexity index is 1410. The highest BCUT2D eigenvalue weighted by atomic mass is 16.7. The lowest BCUT2D eigenvalue weighted by Crippen LogP contribution is -2.12. The molecule has 0 spiro atoms. The predicted molar refractivity (Wildman–Crippen MR) is 122 cm³/mol. The van der Waals surface area contributed by atoms with Crippen LogP contribution in [0.4, 0.5) is 11.4 Å². The molecule has 0 saturated carbocycles. The summed E-state index contributed by atoms with van der Waals surface area (Å²) in [5.41, 5.74) is 2.43. The van der Waals surface area contributed by atoms with E-state index in [-0.39, 0.29) is 29.6 Å². The molecule has 1 amide bonds. The summed E-state index contributed by atoms with van der Waals surface area (Å²) in [6, 6.07) is 18.3. The fraction of sp³-hybridized carbons (Fsp3) is 0.0833. The zero-order valence-electron chi connectivity index (χ0n) is 17.9. The molecule has 0 atom stereocenters. The molecule has 1 aliphatic rings. The van der Waals surface area contributed by atoms with Crippen molar-refractivity contribution in [3.05, 3.63) is 88.1 Å². The second-order valence-corrected chi connectivity index (χ2v) is 7.58. The van der Waals surface area contributed by atoms with Gasteiger partial charge in [0.2, 0.25) is 6.79 Å². The number of aromatic nitrogens is 2. The Morgan fingerprint density at radius 1 is 1.06 bits per heavy atom. The fourth-order valence-corrected chi connectivity index (χ4v) is 3.47. The second kappa shape index (κ2) is 8.58. The largest absolute Gasteiger partial charge is 0.457 e. The molecular weight excluding hydrogens is 440 g/mol. The Balaban J connectivity index is 1.37. The minimum absolute atomic E-state index is 0.159. The highest BCUT2D eigenvalue weighted by molar-refractivity contribution is 6.03. The lowest BCUT2D eigenvalue weighted by molar-refractivity contribution is -0.384. The molecule has 1 aromatic heterocycles. The summed E-state index contributed by atoms with van der Waals surface area (Å²) in [6.45, 7) is 2.07. The fourth-order valence-electron chi connectivity index (χ4n) is 3.47. The molecular formula is C24H18N4O6. The van der Waals surface area contributed by atoms with Gasteiger partial charge < -0.3 is 19.5 Å². The molecule has 10 heteroatoms. The number of aromatic amines is 1. The van der Waals surface area contributed by atoms with Crippen molar-refractivity contribution < 1.29 is 23.9 Å². The van der Waals surface area contributed by atoms with E-state index in [0.29, 0.717) is 22.9 Å². The summed E-state index contributed by atoms with van der Waals surface area (Å²) >= 11 is 0. The van der Waals surface area contributed by atoms with Gasteiger partial charge >= 0.3 is 0 Å². The normalized spacial score (nSPS) is 11.8. The van der Waals surface area contributed by atoms with Crippen LogP contribution in [0.25, 0.3) is 11.3 Å². The first kappa shape index (κ1) is 21.0. The third kappa shape index (κ3) is 4.37. The van der Waals surface area contributed by atoms with Crippen molar-refractivity contribution in [1.82, 2.24) is 10.2 Å². The summed E-state index contributed by atoms with van der Waals surface area (Å²) in [4.78, 5) is 23.7. The summed E-state index contributed by atoms with van der Waals surface area (Å²) in [5, 5.41) is 20.9. The molecule has 0 saturated heterocycles. The number of amides is 1. The maximum absolute atomic E-state index is 12.8. The number of rotatable bonds is 6. The molecule has 10 nitrogen and oxygen atoms in total. The van der Waals surface area contributed by atoms with Crippen LogP contribution < -0.4 is 19.5 Å². The number of fused-ring (bicyclic) bond motifs is 1. The number of non-ortho nitro benzene ring substituents is 1. The van der Waals surface area contributed by atoms with Crippen LogP contribution in [0, 0.1) is 17.0 Å². The van der Waals surface area contributed by atoms with Crippen molar-refractivity contribution in [2.75, 3.05) is 12.1 Å². The number of carbonyl (C=O) groups excluding carboxylic acids is 1. The number of nitrogens with zero attached hydrogens (tertiary/aromatic N) is 2. The van der Waals surface area contributed by atoms with E-state index in [1.807, 2.05) is 19.1 Å². The highest BCUT2D eigenvalue weighted by Crippen LogP contribution is 2.35. The van der Waals surface area contributed by atoms with Crippen LogP contribution >= 0.6 is 0 Å². The Kier molecular flexibility index (Phi) is 5.30. The Morgan fingerprint density at radius 2 is 1.91 bits per heavy atom. The number of nitro benzene ring substituents is 1. The minimum atomic E-state index is -0.549. The van der Waals surface area contributed by atoms with Crippen molar-refractivity contribution in [2.45, 2.75) is 6.92 Å². The molecule has 3 aromatic carbocycles. The van der Waals surface area contributed by atoms with Crippen molar-refractivity contribution >= 4 is 17.3 Å². The third-order valence-corrected chi connectivity index (χ3v) is 5.08. The van der Waals surface area contributed by atoms with E-state index in [9.17, 15) is 14.9 Å². The topological polar surface area (TPSA) is 129 Å². The van der Waals surface area contributed by atoms with Crippen LogP contribution in [0.1, 0.15) is 16.1 Å². The molecule has 0 unspecified atom stereocenters. The van der Waals surface area contributed by atoms with E-state index >= 15 is 0 Å². The summed E-state index contributed by atoms with van der Waals surface area (Å²) < 4.78 is 16.5. The van der Waals surface area contributed by atoms with Gasteiger partial charge in [-0.05, 0) is 48.9 Å². The number of benzene rings is 3. The van der Waals surface area contributed by atoms with Crippen molar-refractivity contribution in [2.24, 2.45) is 0 Å². The van der Waals surface area contributed by atoms with E-state index in [1.54, 1.807) is 36.4 Å². The molecule has 0 radical (unpaired) electrons. The van der Waals surface area contributed by atoms with E-state index in [4.69, 9.17) is 14.2 Å². The van der Waals surface area contributed by atoms with Crippen LogP contribution in [0.15, 0.2) is 66.7 Å². The lowest BCUT2D eigenvalue weighted by Gasteiger charge is -2.09.